The van der Waals surface area contributed by atoms with Crippen molar-refractivity contribution in [3.05, 3.63) is 17.0 Å². The highest BCUT2D eigenvalue weighted by Crippen LogP contribution is 2.11. The number of hydrogen-bond donors (Lipinski definition) is 1. The lowest BCUT2D eigenvalue weighted by atomic mass is 10.2. The van der Waals surface area contributed by atoms with Crippen molar-refractivity contribution in [3.8, 4) is 0 Å². The molecule has 16 heavy (non-hydrogen) atoms. The van der Waals surface area contributed by atoms with E-state index in [0.717, 1.165) is 0 Å². The van der Waals surface area contributed by atoms with Gasteiger partial charge in [-0.2, -0.15) is 0 Å². The van der Waals surface area contributed by atoms with Gasteiger partial charge in [-0.3, -0.25) is 4.79 Å². The van der Waals surface area contributed by atoms with Gasteiger partial charge in [0.05, 0.1) is 12.8 Å². The minimum atomic E-state index is -0.703. The number of rotatable bonds is 3. The van der Waals surface area contributed by atoms with E-state index < -0.39 is 17.9 Å². The molecule has 0 radical (unpaired) electrons. The molecule has 1 aromatic rings. The summed E-state index contributed by atoms with van der Waals surface area (Å²) in [4.78, 5) is 22.9. The summed E-state index contributed by atoms with van der Waals surface area (Å²) in [5, 5.41) is 6.16. The van der Waals surface area contributed by atoms with Gasteiger partial charge in [-0.1, -0.05) is 5.16 Å². The highest BCUT2D eigenvalue weighted by molar-refractivity contribution is 5.98. The fourth-order valence-electron chi connectivity index (χ4n) is 1.31. The quantitative estimate of drug-likeness (QED) is 0.762. The van der Waals surface area contributed by atoms with Gasteiger partial charge >= 0.3 is 5.97 Å². The molecule has 1 rings (SSSR count). The molecule has 0 aliphatic rings. The zero-order valence-electron chi connectivity index (χ0n) is 9.66. The van der Waals surface area contributed by atoms with Crippen LogP contribution in [0.25, 0.3) is 0 Å². The fourth-order valence-corrected chi connectivity index (χ4v) is 1.31. The number of methoxy groups -OCH3 is 1. The molecule has 1 N–H and O–H groups in total. The first-order valence-electron chi connectivity index (χ1n) is 4.79. The summed E-state index contributed by atoms with van der Waals surface area (Å²) in [6.45, 7) is 4.84. The van der Waals surface area contributed by atoms with Crippen molar-refractivity contribution in [2.75, 3.05) is 7.11 Å². The van der Waals surface area contributed by atoms with Crippen molar-refractivity contribution < 1.29 is 18.8 Å². The number of esters is 1. The number of carbonyl (C=O) groups is 2. The van der Waals surface area contributed by atoms with Crippen LogP contribution in [0.15, 0.2) is 4.52 Å². The van der Waals surface area contributed by atoms with Gasteiger partial charge in [0.2, 0.25) is 0 Å². The maximum Gasteiger partial charge on any atom is 0.328 e. The molecule has 1 amide bonds. The summed E-state index contributed by atoms with van der Waals surface area (Å²) in [6.07, 6.45) is 0. The third-order valence-corrected chi connectivity index (χ3v) is 2.16. The van der Waals surface area contributed by atoms with Crippen LogP contribution in [0.5, 0.6) is 0 Å². The first kappa shape index (κ1) is 12.2. The number of nitrogens with one attached hydrogen (secondary N) is 1. The van der Waals surface area contributed by atoms with Gasteiger partial charge in [0.25, 0.3) is 5.91 Å². The van der Waals surface area contributed by atoms with Crippen molar-refractivity contribution in [1.82, 2.24) is 10.5 Å². The van der Waals surface area contributed by atoms with Crippen molar-refractivity contribution in [2.24, 2.45) is 0 Å². The zero-order valence-corrected chi connectivity index (χ0v) is 9.66. The van der Waals surface area contributed by atoms with Gasteiger partial charge in [0, 0.05) is 0 Å². The summed E-state index contributed by atoms with van der Waals surface area (Å²) in [5.41, 5.74) is 0.850. The Hall–Kier alpha value is -1.85. The Morgan fingerprint density at radius 3 is 2.50 bits per heavy atom. The van der Waals surface area contributed by atoms with E-state index in [0.29, 0.717) is 17.0 Å². The summed E-state index contributed by atoms with van der Waals surface area (Å²) in [7, 11) is 1.26. The maximum absolute atomic E-state index is 11.8. The van der Waals surface area contributed by atoms with E-state index in [9.17, 15) is 9.59 Å². The van der Waals surface area contributed by atoms with Crippen molar-refractivity contribution in [2.45, 2.75) is 26.8 Å². The number of hydrogen-bond acceptors (Lipinski definition) is 5. The predicted molar refractivity (Wildman–Crippen MR) is 54.9 cm³/mol. The van der Waals surface area contributed by atoms with Crippen LogP contribution in [-0.4, -0.2) is 30.2 Å². The van der Waals surface area contributed by atoms with Crippen molar-refractivity contribution in [3.63, 3.8) is 0 Å². The Balaban J connectivity index is 2.77. The summed E-state index contributed by atoms with van der Waals surface area (Å²) >= 11 is 0. The first-order chi connectivity index (χ1) is 7.47. The molecule has 0 saturated heterocycles. The molecule has 0 fully saturated rings. The summed E-state index contributed by atoms with van der Waals surface area (Å²) in [6, 6.07) is -0.703. The highest BCUT2D eigenvalue weighted by atomic mass is 16.5. The summed E-state index contributed by atoms with van der Waals surface area (Å²) < 4.78 is 9.36. The lowest BCUT2D eigenvalue weighted by molar-refractivity contribution is -0.142. The number of aryl methyl sites for hydroxylation is 2. The Morgan fingerprint density at radius 1 is 1.44 bits per heavy atom. The topological polar surface area (TPSA) is 81.4 Å². The Morgan fingerprint density at radius 2 is 2.06 bits per heavy atom. The second kappa shape index (κ2) is 4.78. The molecular weight excluding hydrogens is 212 g/mol. The van der Waals surface area contributed by atoms with Crippen molar-refractivity contribution in [1.29, 1.82) is 0 Å². The lowest BCUT2D eigenvalue weighted by Gasteiger charge is -2.10. The molecule has 1 aromatic heterocycles. The van der Waals surface area contributed by atoms with Crippen LogP contribution in [0.3, 0.4) is 0 Å². The average Bonchev–Trinajstić information content (AvgIpc) is 2.57. The van der Waals surface area contributed by atoms with E-state index in [4.69, 9.17) is 4.52 Å². The van der Waals surface area contributed by atoms with Crippen LogP contribution in [0.4, 0.5) is 0 Å². The molecule has 6 heteroatoms. The Labute approximate surface area is 92.9 Å². The standard InChI is InChI=1S/C10H14N2O4/c1-5-8(7(3)16-12-5)9(13)11-6(2)10(14)15-4/h6H,1-4H3,(H,11,13)/t6-/m0/s1. The summed E-state index contributed by atoms with van der Waals surface area (Å²) in [5.74, 6) is -0.471. The minimum Gasteiger partial charge on any atom is -0.467 e. The lowest BCUT2D eigenvalue weighted by Crippen LogP contribution is -2.39. The zero-order chi connectivity index (χ0) is 12.3. The fraction of sp³-hybridized carbons (Fsp3) is 0.500. The molecule has 1 atom stereocenters. The van der Waals surface area contributed by atoms with Gasteiger partial charge in [-0.15, -0.1) is 0 Å². The van der Waals surface area contributed by atoms with Crippen LogP contribution in [0, 0.1) is 13.8 Å². The van der Waals surface area contributed by atoms with Crippen LogP contribution in [0.1, 0.15) is 28.7 Å². The molecule has 88 valence electrons. The molecule has 0 aliphatic heterocycles. The molecule has 0 saturated carbocycles. The van der Waals surface area contributed by atoms with Gasteiger partial charge in [-0.25, -0.2) is 4.79 Å². The monoisotopic (exact) mass is 226 g/mol. The number of aromatic nitrogens is 1. The maximum atomic E-state index is 11.8. The van der Waals surface area contributed by atoms with Crippen LogP contribution >= 0.6 is 0 Å². The minimum absolute atomic E-state index is 0.357. The normalized spacial score (nSPS) is 12.0. The molecule has 6 nitrogen and oxygen atoms in total. The molecule has 0 bridgehead atoms. The number of ether oxygens (including phenoxy) is 1. The van der Waals surface area contributed by atoms with Gasteiger partial charge < -0.3 is 14.6 Å². The van der Waals surface area contributed by atoms with Gasteiger partial charge in [0.15, 0.2) is 0 Å². The van der Waals surface area contributed by atoms with E-state index in [1.165, 1.54) is 7.11 Å². The van der Waals surface area contributed by atoms with Gasteiger partial charge in [-0.05, 0) is 20.8 Å². The molecule has 0 spiro atoms. The van der Waals surface area contributed by atoms with E-state index >= 15 is 0 Å². The number of amides is 1. The van der Waals surface area contributed by atoms with Crippen LogP contribution in [0.2, 0.25) is 0 Å². The average molecular weight is 226 g/mol. The van der Waals surface area contributed by atoms with Crippen LogP contribution in [-0.2, 0) is 9.53 Å². The SMILES string of the molecule is COC(=O)[C@H](C)NC(=O)c1c(C)noc1C. The largest absolute Gasteiger partial charge is 0.467 e. The molecule has 0 aromatic carbocycles. The Kier molecular flexibility index (Phi) is 3.65. The number of nitrogens with zero attached hydrogens (tertiary/aromatic N) is 1. The van der Waals surface area contributed by atoms with E-state index in [1.807, 2.05) is 0 Å². The van der Waals surface area contributed by atoms with E-state index in [-0.39, 0.29) is 0 Å². The van der Waals surface area contributed by atoms with Crippen molar-refractivity contribution >= 4 is 11.9 Å². The molecule has 0 unspecified atom stereocenters. The van der Waals surface area contributed by atoms with E-state index in [2.05, 4.69) is 15.2 Å². The van der Waals surface area contributed by atoms with Crippen LogP contribution < -0.4 is 5.32 Å². The Bertz CT molecular complexity index is 391. The number of carbonyl (C=O) groups excluding carboxylic acids is 2. The molecule has 1 heterocycles. The highest BCUT2D eigenvalue weighted by Gasteiger charge is 2.22. The second-order valence-corrected chi connectivity index (χ2v) is 3.42. The third kappa shape index (κ3) is 2.39. The molecular formula is C10H14N2O4. The first-order valence-corrected chi connectivity index (χ1v) is 4.79. The molecule has 0 aliphatic carbocycles. The second-order valence-electron chi connectivity index (χ2n) is 3.42. The van der Waals surface area contributed by atoms with Gasteiger partial charge in [0.1, 0.15) is 17.4 Å². The smallest absolute Gasteiger partial charge is 0.328 e. The van der Waals surface area contributed by atoms with E-state index in [1.54, 1.807) is 20.8 Å². The third-order valence-electron chi connectivity index (χ3n) is 2.16. The predicted octanol–water partition coefficient (Wildman–Crippen LogP) is 0.583.